The fourth-order valence-electron chi connectivity index (χ4n) is 2.41. The number of amides is 4. The van der Waals surface area contributed by atoms with Gasteiger partial charge >= 0.3 is 6.03 Å². The highest BCUT2D eigenvalue weighted by molar-refractivity contribution is 6.30. The first-order valence-electron chi connectivity index (χ1n) is 7.56. The van der Waals surface area contributed by atoms with Crippen LogP contribution in [0.3, 0.4) is 0 Å². The molecular formula is C17H20N2O6. The van der Waals surface area contributed by atoms with Crippen LogP contribution in [0.4, 0.5) is 4.79 Å². The molecule has 4 amide bonds. The molecule has 1 heterocycles. The van der Waals surface area contributed by atoms with E-state index in [-0.39, 0.29) is 5.57 Å². The summed E-state index contributed by atoms with van der Waals surface area (Å²) in [5, 5.41) is 0. The summed E-state index contributed by atoms with van der Waals surface area (Å²) in [4.78, 5) is 38.1. The highest BCUT2D eigenvalue weighted by Crippen LogP contribution is 2.39. The second-order valence-electron chi connectivity index (χ2n) is 5.26. The third-order valence-electron chi connectivity index (χ3n) is 3.73. The molecule has 0 radical (unpaired) electrons. The van der Waals surface area contributed by atoms with Crippen LogP contribution in [0.25, 0.3) is 6.08 Å². The van der Waals surface area contributed by atoms with Crippen LogP contribution in [-0.4, -0.2) is 62.6 Å². The molecule has 1 aromatic rings. The Bertz CT molecular complexity index is 705. The first kappa shape index (κ1) is 18.3. The molecule has 0 unspecified atom stereocenters. The molecule has 1 aliphatic rings. The van der Waals surface area contributed by atoms with Crippen molar-refractivity contribution in [1.29, 1.82) is 0 Å². The number of carbonyl (C=O) groups is 3. The summed E-state index contributed by atoms with van der Waals surface area (Å²) in [6, 6.07) is 2.57. The van der Waals surface area contributed by atoms with Gasteiger partial charge in [-0.25, -0.2) is 4.79 Å². The van der Waals surface area contributed by atoms with Crippen molar-refractivity contribution < 1.29 is 28.6 Å². The average Bonchev–Trinajstić information content (AvgIpc) is 2.62. The molecular weight excluding hydrogens is 328 g/mol. The maximum absolute atomic E-state index is 12.3. The Hall–Kier alpha value is -3.03. The van der Waals surface area contributed by atoms with Gasteiger partial charge in [-0.3, -0.25) is 19.4 Å². The van der Waals surface area contributed by atoms with Crippen LogP contribution in [0.2, 0.25) is 0 Å². The molecule has 0 spiro atoms. The lowest BCUT2D eigenvalue weighted by atomic mass is 10.1. The van der Waals surface area contributed by atoms with E-state index >= 15 is 0 Å². The Balaban J connectivity index is 2.54. The standard InChI is InChI=1S/C17H20N2O6/c1-6-25-14-12(23-4)8-10(9-13(14)24-5)7-11-15(20)18(2)17(22)19(3)16(11)21/h7-9H,6H2,1-5H3. The molecule has 0 aliphatic carbocycles. The van der Waals surface area contributed by atoms with E-state index in [4.69, 9.17) is 14.2 Å². The molecule has 1 saturated heterocycles. The molecule has 25 heavy (non-hydrogen) atoms. The molecule has 0 N–H and O–H groups in total. The molecule has 2 rings (SSSR count). The highest BCUT2D eigenvalue weighted by atomic mass is 16.5. The molecule has 134 valence electrons. The van der Waals surface area contributed by atoms with E-state index in [0.717, 1.165) is 9.80 Å². The maximum Gasteiger partial charge on any atom is 0.333 e. The molecule has 0 saturated carbocycles. The minimum absolute atomic E-state index is 0.127. The van der Waals surface area contributed by atoms with E-state index in [1.54, 1.807) is 12.1 Å². The van der Waals surface area contributed by atoms with Crippen molar-refractivity contribution in [3.05, 3.63) is 23.3 Å². The van der Waals surface area contributed by atoms with Crippen LogP contribution in [0.5, 0.6) is 17.2 Å². The number of hydrogen-bond acceptors (Lipinski definition) is 6. The Kier molecular flexibility index (Phi) is 5.31. The summed E-state index contributed by atoms with van der Waals surface area (Å²) < 4.78 is 16.1. The van der Waals surface area contributed by atoms with Crippen molar-refractivity contribution in [2.75, 3.05) is 34.9 Å². The zero-order valence-corrected chi connectivity index (χ0v) is 14.8. The van der Waals surface area contributed by atoms with Gasteiger partial charge in [-0.15, -0.1) is 0 Å². The minimum Gasteiger partial charge on any atom is -0.493 e. The second kappa shape index (κ2) is 7.25. The van der Waals surface area contributed by atoms with Crippen LogP contribution in [0, 0.1) is 0 Å². The topological polar surface area (TPSA) is 85.4 Å². The Morgan fingerprint density at radius 1 is 0.960 bits per heavy atom. The van der Waals surface area contributed by atoms with Gasteiger partial charge in [0.15, 0.2) is 11.5 Å². The number of rotatable bonds is 5. The lowest BCUT2D eigenvalue weighted by molar-refractivity contribution is -0.134. The Morgan fingerprint density at radius 3 is 1.84 bits per heavy atom. The van der Waals surface area contributed by atoms with Crippen molar-refractivity contribution in [2.24, 2.45) is 0 Å². The van der Waals surface area contributed by atoms with Gasteiger partial charge in [0.25, 0.3) is 11.8 Å². The van der Waals surface area contributed by atoms with Gasteiger partial charge in [0.2, 0.25) is 5.75 Å². The van der Waals surface area contributed by atoms with Crippen molar-refractivity contribution >= 4 is 23.9 Å². The number of hydrogen-bond donors (Lipinski definition) is 0. The van der Waals surface area contributed by atoms with Gasteiger partial charge in [0, 0.05) is 14.1 Å². The number of barbiturate groups is 1. The summed E-state index contributed by atoms with van der Waals surface area (Å²) in [6.07, 6.45) is 1.39. The quantitative estimate of drug-likeness (QED) is 0.593. The van der Waals surface area contributed by atoms with Crippen molar-refractivity contribution in [3.63, 3.8) is 0 Å². The molecule has 1 aromatic carbocycles. The van der Waals surface area contributed by atoms with Crippen LogP contribution in [-0.2, 0) is 9.59 Å². The van der Waals surface area contributed by atoms with E-state index < -0.39 is 17.8 Å². The number of methoxy groups -OCH3 is 2. The van der Waals surface area contributed by atoms with Crippen molar-refractivity contribution in [1.82, 2.24) is 9.80 Å². The van der Waals surface area contributed by atoms with Gasteiger partial charge in [-0.1, -0.05) is 0 Å². The van der Waals surface area contributed by atoms with E-state index in [9.17, 15) is 14.4 Å². The summed E-state index contributed by atoms with van der Waals surface area (Å²) in [5.41, 5.74) is 0.378. The number of nitrogens with zero attached hydrogens (tertiary/aromatic N) is 2. The molecule has 1 aliphatic heterocycles. The number of likely N-dealkylation sites (N-methyl/N-ethyl adjacent to an activating group) is 2. The van der Waals surface area contributed by atoms with Crippen molar-refractivity contribution in [2.45, 2.75) is 6.92 Å². The second-order valence-corrected chi connectivity index (χ2v) is 5.26. The molecule has 0 atom stereocenters. The molecule has 0 aromatic heterocycles. The predicted molar refractivity (Wildman–Crippen MR) is 89.6 cm³/mol. The zero-order valence-electron chi connectivity index (χ0n) is 14.8. The largest absolute Gasteiger partial charge is 0.493 e. The third-order valence-corrected chi connectivity index (χ3v) is 3.73. The first-order chi connectivity index (χ1) is 11.8. The lowest BCUT2D eigenvalue weighted by Gasteiger charge is -2.28. The summed E-state index contributed by atoms with van der Waals surface area (Å²) in [5.74, 6) is -0.0942. The van der Waals surface area contributed by atoms with Gasteiger partial charge in [0.1, 0.15) is 5.57 Å². The number of carbonyl (C=O) groups excluding carboxylic acids is 3. The summed E-state index contributed by atoms with van der Waals surface area (Å²) in [6.45, 7) is 2.25. The number of ether oxygens (including phenoxy) is 3. The van der Waals surface area contributed by atoms with Gasteiger partial charge < -0.3 is 14.2 Å². The van der Waals surface area contributed by atoms with Gasteiger partial charge in [0.05, 0.1) is 20.8 Å². The van der Waals surface area contributed by atoms with Crippen LogP contribution < -0.4 is 14.2 Å². The predicted octanol–water partition coefficient (Wildman–Crippen LogP) is 1.54. The fourth-order valence-corrected chi connectivity index (χ4v) is 2.41. The third kappa shape index (κ3) is 3.28. The molecule has 8 nitrogen and oxygen atoms in total. The molecule has 0 bridgehead atoms. The van der Waals surface area contributed by atoms with Gasteiger partial charge in [-0.05, 0) is 30.7 Å². The Labute approximate surface area is 145 Å². The monoisotopic (exact) mass is 348 g/mol. The van der Waals surface area contributed by atoms with Crippen LogP contribution >= 0.6 is 0 Å². The smallest absolute Gasteiger partial charge is 0.333 e. The first-order valence-corrected chi connectivity index (χ1v) is 7.56. The number of benzene rings is 1. The SMILES string of the molecule is CCOc1c(OC)cc(C=C2C(=O)N(C)C(=O)N(C)C2=O)cc1OC. The van der Waals surface area contributed by atoms with Gasteiger partial charge in [-0.2, -0.15) is 0 Å². The molecule has 1 fully saturated rings. The zero-order chi connectivity index (χ0) is 18.7. The maximum atomic E-state index is 12.3. The summed E-state index contributed by atoms with van der Waals surface area (Å²) >= 11 is 0. The summed E-state index contributed by atoms with van der Waals surface area (Å²) in [7, 11) is 5.60. The van der Waals surface area contributed by atoms with Crippen LogP contribution in [0.1, 0.15) is 12.5 Å². The molecule has 8 heteroatoms. The minimum atomic E-state index is -0.672. The number of urea groups is 1. The van der Waals surface area contributed by atoms with Crippen LogP contribution in [0.15, 0.2) is 17.7 Å². The van der Waals surface area contributed by atoms with E-state index in [0.29, 0.717) is 29.4 Å². The number of imide groups is 2. The Morgan fingerprint density at radius 2 is 1.44 bits per heavy atom. The lowest BCUT2D eigenvalue weighted by Crippen LogP contribution is -2.52. The average molecular weight is 348 g/mol. The normalized spacial score (nSPS) is 14.8. The fraction of sp³-hybridized carbons (Fsp3) is 0.353. The highest BCUT2D eigenvalue weighted by Gasteiger charge is 2.37. The van der Waals surface area contributed by atoms with E-state index in [1.165, 1.54) is 34.4 Å². The van der Waals surface area contributed by atoms with E-state index in [2.05, 4.69) is 0 Å². The van der Waals surface area contributed by atoms with E-state index in [1.807, 2.05) is 6.92 Å². The van der Waals surface area contributed by atoms with Crippen molar-refractivity contribution in [3.8, 4) is 17.2 Å².